The molecule has 0 aliphatic rings. The number of aromatic nitrogens is 2. The van der Waals surface area contributed by atoms with Crippen LogP contribution in [0.15, 0.2) is 30.6 Å². The summed E-state index contributed by atoms with van der Waals surface area (Å²) in [6.45, 7) is 0. The lowest BCUT2D eigenvalue weighted by Crippen LogP contribution is -1.87. The first-order valence-electron chi connectivity index (χ1n) is 4.12. The molecule has 2 rings (SSSR count). The average molecular weight is 224 g/mol. The van der Waals surface area contributed by atoms with Gasteiger partial charge in [-0.15, -0.1) is 0 Å². The molecule has 0 amide bonds. The lowest BCUT2D eigenvalue weighted by Gasteiger charge is -1.96. The number of nitro groups is 1. The molecule has 0 aliphatic carbocycles. The number of nitro benzene ring substituents is 1. The first kappa shape index (κ1) is 9.67. The van der Waals surface area contributed by atoms with Gasteiger partial charge in [0.2, 0.25) is 0 Å². The normalized spacial score (nSPS) is 10.2. The van der Waals surface area contributed by atoms with Crippen LogP contribution in [0.25, 0.3) is 11.3 Å². The molecule has 1 heterocycles. The van der Waals surface area contributed by atoms with Crippen LogP contribution in [-0.4, -0.2) is 14.9 Å². The van der Waals surface area contributed by atoms with Gasteiger partial charge in [-0.3, -0.25) is 10.1 Å². The van der Waals surface area contributed by atoms with Gasteiger partial charge >= 0.3 is 0 Å². The van der Waals surface area contributed by atoms with E-state index >= 15 is 0 Å². The van der Waals surface area contributed by atoms with Gasteiger partial charge in [0.15, 0.2) is 0 Å². The Labute approximate surface area is 89.9 Å². The zero-order chi connectivity index (χ0) is 10.8. The maximum absolute atomic E-state index is 10.4. The molecule has 0 spiro atoms. The number of nitrogens with one attached hydrogen (secondary N) is 1. The summed E-state index contributed by atoms with van der Waals surface area (Å²) in [6, 6.07) is 6.06. The highest BCUT2D eigenvalue weighted by molar-refractivity contribution is 6.31. The van der Waals surface area contributed by atoms with E-state index in [4.69, 9.17) is 11.6 Å². The van der Waals surface area contributed by atoms with Crippen LogP contribution in [-0.2, 0) is 0 Å². The topological polar surface area (TPSA) is 71.8 Å². The van der Waals surface area contributed by atoms with E-state index in [0.29, 0.717) is 10.8 Å². The molecule has 0 saturated heterocycles. The Balaban J connectivity index is 2.40. The summed E-state index contributed by atoms with van der Waals surface area (Å²) in [5.41, 5.74) is 1.38. The second kappa shape index (κ2) is 3.70. The van der Waals surface area contributed by atoms with Gasteiger partial charge < -0.3 is 4.98 Å². The molecule has 1 aromatic heterocycles. The quantitative estimate of drug-likeness (QED) is 0.628. The van der Waals surface area contributed by atoms with Crippen molar-refractivity contribution in [1.82, 2.24) is 9.97 Å². The van der Waals surface area contributed by atoms with Gasteiger partial charge in [-0.1, -0.05) is 11.6 Å². The van der Waals surface area contributed by atoms with Crippen LogP contribution in [0, 0.1) is 10.1 Å². The van der Waals surface area contributed by atoms with E-state index in [1.54, 1.807) is 12.1 Å². The smallest absolute Gasteiger partial charge is 0.269 e. The Hall–Kier alpha value is -1.88. The number of non-ortho nitro benzene ring substituents is 1. The number of rotatable bonds is 2. The zero-order valence-electron chi connectivity index (χ0n) is 7.48. The maximum atomic E-state index is 10.4. The van der Waals surface area contributed by atoms with Crippen LogP contribution >= 0.6 is 11.6 Å². The minimum atomic E-state index is -0.448. The van der Waals surface area contributed by atoms with E-state index in [-0.39, 0.29) is 5.69 Å². The minimum absolute atomic E-state index is 0.0467. The summed E-state index contributed by atoms with van der Waals surface area (Å²) in [5, 5.41) is 10.8. The molecule has 0 fully saturated rings. The Bertz CT molecular complexity index is 492. The largest absolute Gasteiger partial charge is 0.335 e. The van der Waals surface area contributed by atoms with Crippen molar-refractivity contribution in [3.63, 3.8) is 0 Å². The Kier molecular flexibility index (Phi) is 2.39. The molecule has 0 unspecified atom stereocenters. The highest BCUT2D eigenvalue weighted by atomic mass is 35.5. The molecule has 76 valence electrons. The SMILES string of the molecule is O=[N+]([O-])c1ccc(-c2nc[nH]c2Cl)cc1. The van der Waals surface area contributed by atoms with E-state index in [0.717, 1.165) is 5.56 Å². The lowest BCUT2D eigenvalue weighted by atomic mass is 10.1. The number of nitrogens with zero attached hydrogens (tertiary/aromatic N) is 2. The summed E-state index contributed by atoms with van der Waals surface area (Å²) in [7, 11) is 0. The summed E-state index contributed by atoms with van der Waals surface area (Å²) in [5.74, 6) is 0. The number of imidazole rings is 1. The third-order valence-corrected chi connectivity index (χ3v) is 2.23. The van der Waals surface area contributed by atoms with Crippen molar-refractivity contribution in [2.75, 3.05) is 0 Å². The van der Waals surface area contributed by atoms with E-state index in [9.17, 15) is 10.1 Å². The van der Waals surface area contributed by atoms with Gasteiger partial charge in [-0.25, -0.2) is 4.98 Å². The Morgan fingerprint density at radius 1 is 1.33 bits per heavy atom. The molecule has 15 heavy (non-hydrogen) atoms. The lowest BCUT2D eigenvalue weighted by molar-refractivity contribution is -0.384. The second-order valence-electron chi connectivity index (χ2n) is 2.87. The maximum Gasteiger partial charge on any atom is 0.269 e. The monoisotopic (exact) mass is 223 g/mol. The van der Waals surface area contributed by atoms with Crippen LogP contribution in [0.2, 0.25) is 5.15 Å². The molecular formula is C9H6ClN3O2. The Morgan fingerprint density at radius 2 is 2.00 bits per heavy atom. The van der Waals surface area contributed by atoms with Crippen molar-refractivity contribution in [2.45, 2.75) is 0 Å². The third-order valence-electron chi connectivity index (χ3n) is 1.94. The molecule has 0 saturated carbocycles. The molecule has 6 heteroatoms. The van der Waals surface area contributed by atoms with E-state index in [1.807, 2.05) is 0 Å². The number of benzene rings is 1. The number of H-pyrrole nitrogens is 1. The molecular weight excluding hydrogens is 218 g/mol. The summed E-state index contributed by atoms with van der Waals surface area (Å²) >= 11 is 5.82. The molecule has 0 bridgehead atoms. The Morgan fingerprint density at radius 3 is 2.47 bits per heavy atom. The molecule has 2 aromatic rings. The summed E-state index contributed by atoms with van der Waals surface area (Å²) in [4.78, 5) is 16.7. The van der Waals surface area contributed by atoms with Gasteiger partial charge in [0.05, 0.1) is 11.3 Å². The zero-order valence-corrected chi connectivity index (χ0v) is 8.23. The van der Waals surface area contributed by atoms with Crippen molar-refractivity contribution in [3.05, 3.63) is 45.9 Å². The van der Waals surface area contributed by atoms with Gasteiger partial charge in [0, 0.05) is 17.7 Å². The second-order valence-corrected chi connectivity index (χ2v) is 3.25. The first-order chi connectivity index (χ1) is 7.18. The third kappa shape index (κ3) is 1.82. The van der Waals surface area contributed by atoms with Crippen LogP contribution in [0.3, 0.4) is 0 Å². The van der Waals surface area contributed by atoms with Gasteiger partial charge in [-0.05, 0) is 12.1 Å². The van der Waals surface area contributed by atoms with Crippen molar-refractivity contribution in [1.29, 1.82) is 0 Å². The molecule has 0 aliphatic heterocycles. The number of hydrogen-bond donors (Lipinski definition) is 1. The van der Waals surface area contributed by atoms with Crippen molar-refractivity contribution in [2.24, 2.45) is 0 Å². The van der Waals surface area contributed by atoms with E-state index < -0.39 is 4.92 Å². The van der Waals surface area contributed by atoms with Gasteiger partial charge in [-0.2, -0.15) is 0 Å². The van der Waals surface area contributed by atoms with Gasteiger partial charge in [0.1, 0.15) is 10.8 Å². The van der Waals surface area contributed by atoms with Gasteiger partial charge in [0.25, 0.3) is 5.69 Å². The predicted octanol–water partition coefficient (Wildman–Crippen LogP) is 2.64. The predicted molar refractivity (Wildman–Crippen MR) is 55.7 cm³/mol. The number of aromatic amines is 1. The highest BCUT2D eigenvalue weighted by Crippen LogP contribution is 2.25. The van der Waals surface area contributed by atoms with Crippen molar-refractivity contribution in [3.8, 4) is 11.3 Å². The number of halogens is 1. The van der Waals surface area contributed by atoms with E-state index in [2.05, 4.69) is 9.97 Å². The fourth-order valence-corrected chi connectivity index (χ4v) is 1.43. The van der Waals surface area contributed by atoms with Crippen LogP contribution in [0.5, 0.6) is 0 Å². The summed E-state index contributed by atoms with van der Waals surface area (Å²) < 4.78 is 0. The minimum Gasteiger partial charge on any atom is -0.335 e. The first-order valence-corrected chi connectivity index (χ1v) is 4.50. The fraction of sp³-hybridized carbons (Fsp3) is 0. The molecule has 1 N–H and O–H groups in total. The fourth-order valence-electron chi connectivity index (χ4n) is 1.22. The van der Waals surface area contributed by atoms with Crippen molar-refractivity contribution < 1.29 is 4.92 Å². The molecule has 0 atom stereocenters. The highest BCUT2D eigenvalue weighted by Gasteiger charge is 2.08. The summed E-state index contributed by atoms with van der Waals surface area (Å²) in [6.07, 6.45) is 1.47. The number of hydrogen-bond acceptors (Lipinski definition) is 3. The standard InChI is InChI=1S/C9H6ClN3O2/c10-9-8(11-5-12-9)6-1-3-7(4-2-6)13(14)15/h1-5H,(H,11,12). The van der Waals surface area contributed by atoms with Crippen LogP contribution < -0.4 is 0 Å². The molecule has 5 nitrogen and oxygen atoms in total. The van der Waals surface area contributed by atoms with E-state index in [1.165, 1.54) is 18.5 Å². The average Bonchev–Trinajstić information content (AvgIpc) is 2.65. The van der Waals surface area contributed by atoms with Crippen molar-refractivity contribution >= 4 is 17.3 Å². The molecule has 1 aromatic carbocycles. The van der Waals surface area contributed by atoms with Crippen LogP contribution in [0.1, 0.15) is 0 Å². The molecule has 0 radical (unpaired) electrons. The van der Waals surface area contributed by atoms with Crippen LogP contribution in [0.4, 0.5) is 5.69 Å².